The highest BCUT2D eigenvalue weighted by molar-refractivity contribution is 4.86. The normalized spacial score (nSPS) is 27.9. The molecule has 126 valence electrons. The van der Waals surface area contributed by atoms with Gasteiger partial charge in [-0.15, -0.1) is 0 Å². The largest absolute Gasteiger partial charge is 0.381 e. The van der Waals surface area contributed by atoms with Crippen molar-refractivity contribution < 1.29 is 9.47 Å². The highest BCUT2D eigenvalue weighted by Gasteiger charge is 2.37. The summed E-state index contributed by atoms with van der Waals surface area (Å²) in [4.78, 5) is 0. The zero-order chi connectivity index (χ0) is 16.0. The fraction of sp³-hybridized carbons (Fsp3) is 1.00. The average Bonchev–Trinajstić information content (AvgIpc) is 2.37. The molecular weight excluding hydrogens is 260 g/mol. The van der Waals surface area contributed by atoms with Crippen molar-refractivity contribution in [1.29, 1.82) is 0 Å². The van der Waals surface area contributed by atoms with Crippen molar-refractivity contribution in [1.82, 2.24) is 0 Å². The lowest BCUT2D eigenvalue weighted by atomic mass is 9.70. The molecule has 0 aromatic carbocycles. The predicted octanol–water partition coefficient (Wildman–Crippen LogP) is 5.02. The molecule has 5 atom stereocenters. The highest BCUT2D eigenvalue weighted by Crippen LogP contribution is 2.38. The first kappa shape index (κ1) is 19.0. The Morgan fingerprint density at radius 2 is 1.67 bits per heavy atom. The van der Waals surface area contributed by atoms with Gasteiger partial charge in [0.25, 0.3) is 0 Å². The summed E-state index contributed by atoms with van der Waals surface area (Å²) in [5.41, 5.74) is 0. The quantitative estimate of drug-likeness (QED) is 0.626. The Morgan fingerprint density at radius 1 is 1.05 bits per heavy atom. The molecule has 0 spiro atoms. The van der Waals surface area contributed by atoms with Gasteiger partial charge in [-0.25, -0.2) is 0 Å². The van der Waals surface area contributed by atoms with Crippen LogP contribution in [0.2, 0.25) is 0 Å². The van der Waals surface area contributed by atoms with E-state index >= 15 is 0 Å². The second kappa shape index (κ2) is 9.15. The molecule has 21 heavy (non-hydrogen) atoms. The van der Waals surface area contributed by atoms with Crippen molar-refractivity contribution in [3.8, 4) is 0 Å². The molecule has 1 aliphatic heterocycles. The SMILES string of the molecule is COC(C(C)CC(C)C)C(CC(C)C)C1COCCC1C. The topological polar surface area (TPSA) is 18.5 Å². The summed E-state index contributed by atoms with van der Waals surface area (Å²) in [7, 11) is 1.91. The Bertz CT molecular complexity index is 275. The fourth-order valence-corrected chi connectivity index (χ4v) is 4.22. The van der Waals surface area contributed by atoms with Crippen molar-refractivity contribution >= 4 is 0 Å². The van der Waals surface area contributed by atoms with E-state index in [4.69, 9.17) is 9.47 Å². The van der Waals surface area contributed by atoms with Crippen LogP contribution in [0, 0.1) is 35.5 Å². The monoisotopic (exact) mass is 298 g/mol. The second-order valence-corrected chi connectivity index (χ2v) is 8.11. The molecule has 0 bridgehead atoms. The van der Waals surface area contributed by atoms with Crippen LogP contribution in [0.3, 0.4) is 0 Å². The maximum Gasteiger partial charge on any atom is 0.0628 e. The van der Waals surface area contributed by atoms with Crippen LogP contribution in [0.1, 0.15) is 60.8 Å². The number of ether oxygens (including phenoxy) is 2. The molecule has 1 aliphatic rings. The summed E-state index contributed by atoms with van der Waals surface area (Å²) < 4.78 is 11.8. The Morgan fingerprint density at radius 3 is 2.14 bits per heavy atom. The summed E-state index contributed by atoms with van der Waals surface area (Å²) in [5, 5.41) is 0. The zero-order valence-electron chi connectivity index (χ0n) is 15.4. The Hall–Kier alpha value is -0.0800. The lowest BCUT2D eigenvalue weighted by Crippen LogP contribution is -2.42. The van der Waals surface area contributed by atoms with E-state index in [-0.39, 0.29) is 0 Å². The molecule has 0 aromatic rings. The van der Waals surface area contributed by atoms with Gasteiger partial charge in [0.2, 0.25) is 0 Å². The Balaban J connectivity index is 2.86. The number of rotatable bonds is 8. The molecule has 1 heterocycles. The van der Waals surface area contributed by atoms with E-state index in [1.54, 1.807) is 0 Å². The van der Waals surface area contributed by atoms with Gasteiger partial charge in [-0.2, -0.15) is 0 Å². The average molecular weight is 299 g/mol. The molecule has 1 fully saturated rings. The first-order valence-corrected chi connectivity index (χ1v) is 8.97. The van der Waals surface area contributed by atoms with E-state index in [0.717, 1.165) is 25.0 Å². The molecule has 1 rings (SSSR count). The number of methoxy groups -OCH3 is 1. The van der Waals surface area contributed by atoms with Gasteiger partial charge in [0.1, 0.15) is 0 Å². The summed E-state index contributed by atoms with van der Waals surface area (Å²) in [6.45, 7) is 15.9. The van der Waals surface area contributed by atoms with Crippen LogP contribution in [0.15, 0.2) is 0 Å². The van der Waals surface area contributed by atoms with E-state index in [1.165, 1.54) is 19.3 Å². The Labute approximate surface area is 133 Å². The summed E-state index contributed by atoms with van der Waals surface area (Å²) in [5.74, 6) is 4.10. The van der Waals surface area contributed by atoms with Crippen molar-refractivity contribution in [3.05, 3.63) is 0 Å². The minimum absolute atomic E-state index is 0.365. The van der Waals surface area contributed by atoms with Gasteiger partial charge in [-0.3, -0.25) is 0 Å². The van der Waals surface area contributed by atoms with Gasteiger partial charge >= 0.3 is 0 Å². The first-order chi connectivity index (χ1) is 9.86. The van der Waals surface area contributed by atoms with Crippen molar-refractivity contribution in [2.75, 3.05) is 20.3 Å². The van der Waals surface area contributed by atoms with Crippen molar-refractivity contribution in [2.45, 2.75) is 66.9 Å². The molecule has 0 N–H and O–H groups in total. The van der Waals surface area contributed by atoms with Crippen molar-refractivity contribution in [3.63, 3.8) is 0 Å². The van der Waals surface area contributed by atoms with E-state index in [1.807, 2.05) is 7.11 Å². The van der Waals surface area contributed by atoms with Crippen LogP contribution >= 0.6 is 0 Å². The lowest BCUT2D eigenvalue weighted by molar-refractivity contribution is -0.0760. The van der Waals surface area contributed by atoms with Gasteiger partial charge < -0.3 is 9.47 Å². The van der Waals surface area contributed by atoms with Crippen LogP contribution < -0.4 is 0 Å². The van der Waals surface area contributed by atoms with Gasteiger partial charge in [0.15, 0.2) is 0 Å². The van der Waals surface area contributed by atoms with Crippen molar-refractivity contribution in [2.24, 2.45) is 35.5 Å². The van der Waals surface area contributed by atoms with Gasteiger partial charge in [-0.1, -0.05) is 41.5 Å². The molecule has 0 saturated carbocycles. The third-order valence-electron chi connectivity index (χ3n) is 5.15. The summed E-state index contributed by atoms with van der Waals surface area (Å²) >= 11 is 0. The molecular formula is C19H38O2. The third-order valence-corrected chi connectivity index (χ3v) is 5.15. The maximum atomic E-state index is 6.02. The molecule has 0 radical (unpaired) electrons. The molecule has 0 aromatic heterocycles. The predicted molar refractivity (Wildman–Crippen MR) is 90.5 cm³/mol. The highest BCUT2D eigenvalue weighted by atomic mass is 16.5. The number of hydrogen-bond acceptors (Lipinski definition) is 2. The second-order valence-electron chi connectivity index (χ2n) is 8.11. The van der Waals surface area contributed by atoms with Gasteiger partial charge in [-0.05, 0) is 54.8 Å². The maximum absolute atomic E-state index is 6.02. The Kier molecular flexibility index (Phi) is 8.26. The van der Waals surface area contributed by atoms with E-state index in [9.17, 15) is 0 Å². The first-order valence-electron chi connectivity index (χ1n) is 8.97. The van der Waals surface area contributed by atoms with E-state index in [0.29, 0.717) is 29.8 Å². The standard InChI is InChI=1S/C19H38O2/c1-13(2)10-16(6)19(20-7)17(11-14(3)4)18-12-21-9-8-15(18)5/h13-19H,8-12H2,1-7H3. The molecule has 1 saturated heterocycles. The fourth-order valence-electron chi connectivity index (χ4n) is 4.22. The van der Waals surface area contributed by atoms with E-state index in [2.05, 4.69) is 41.5 Å². The van der Waals surface area contributed by atoms with Gasteiger partial charge in [0, 0.05) is 20.3 Å². The molecule has 2 heteroatoms. The van der Waals surface area contributed by atoms with Crippen LogP contribution in [-0.4, -0.2) is 26.4 Å². The third kappa shape index (κ3) is 5.90. The van der Waals surface area contributed by atoms with Crippen LogP contribution in [-0.2, 0) is 9.47 Å². The molecule has 0 aliphatic carbocycles. The summed E-state index contributed by atoms with van der Waals surface area (Å²) in [6.07, 6.45) is 4.06. The summed E-state index contributed by atoms with van der Waals surface area (Å²) in [6, 6.07) is 0. The van der Waals surface area contributed by atoms with Gasteiger partial charge in [0.05, 0.1) is 6.10 Å². The molecule has 5 unspecified atom stereocenters. The lowest BCUT2D eigenvalue weighted by Gasteiger charge is -2.42. The zero-order valence-corrected chi connectivity index (χ0v) is 15.4. The number of hydrogen-bond donors (Lipinski definition) is 0. The molecule has 0 amide bonds. The van der Waals surface area contributed by atoms with E-state index < -0.39 is 0 Å². The van der Waals surface area contributed by atoms with Crippen LogP contribution in [0.5, 0.6) is 0 Å². The van der Waals surface area contributed by atoms with Crippen LogP contribution in [0.4, 0.5) is 0 Å². The minimum Gasteiger partial charge on any atom is -0.381 e. The minimum atomic E-state index is 0.365. The van der Waals surface area contributed by atoms with Crippen LogP contribution in [0.25, 0.3) is 0 Å². The molecule has 2 nitrogen and oxygen atoms in total. The smallest absolute Gasteiger partial charge is 0.0628 e.